The van der Waals surface area contributed by atoms with E-state index in [1.165, 1.54) is 11.1 Å². The lowest BCUT2D eigenvalue weighted by Crippen LogP contribution is -2.25. The Kier molecular flexibility index (Phi) is 9.84. The molecule has 0 bridgehead atoms. The summed E-state index contributed by atoms with van der Waals surface area (Å²) in [6.07, 6.45) is 6.06. The molecule has 39 heavy (non-hydrogen) atoms. The highest BCUT2D eigenvalue weighted by atomic mass is 19.3. The van der Waals surface area contributed by atoms with Crippen LogP contribution in [-0.2, 0) is 11.2 Å². The molecule has 1 aromatic rings. The first-order valence-corrected chi connectivity index (χ1v) is 13.9. The van der Waals surface area contributed by atoms with Gasteiger partial charge in [0.1, 0.15) is 0 Å². The van der Waals surface area contributed by atoms with Crippen LogP contribution in [0.3, 0.4) is 0 Å². The number of ether oxygens (including phenoxy) is 1. The minimum Gasteiger partial charge on any atom is -0.427 e. The van der Waals surface area contributed by atoms with E-state index in [1.54, 1.807) is 0 Å². The molecule has 1 saturated carbocycles. The van der Waals surface area contributed by atoms with E-state index in [9.17, 15) is 26.3 Å². The van der Waals surface area contributed by atoms with Crippen LogP contribution in [0.5, 0.6) is 0 Å². The summed E-state index contributed by atoms with van der Waals surface area (Å²) in [7, 11) is 0. The Morgan fingerprint density at radius 3 is 2.31 bits per heavy atom. The van der Waals surface area contributed by atoms with Crippen LogP contribution < -0.4 is 0 Å². The monoisotopic (exact) mass is 550 g/mol. The average Bonchev–Trinajstić information content (AvgIpc) is 2.91. The molecule has 0 radical (unpaired) electrons. The topological polar surface area (TPSA) is 9.23 Å². The zero-order valence-corrected chi connectivity index (χ0v) is 22.3. The van der Waals surface area contributed by atoms with E-state index >= 15 is 0 Å². The summed E-state index contributed by atoms with van der Waals surface area (Å²) in [4.78, 5) is 0. The molecule has 1 aromatic carbocycles. The third kappa shape index (κ3) is 7.92. The predicted molar refractivity (Wildman–Crippen MR) is 142 cm³/mol. The molecule has 0 aliphatic heterocycles. The van der Waals surface area contributed by atoms with Crippen molar-refractivity contribution in [2.75, 3.05) is 0 Å². The SMILES string of the molecule is C/C=C/CCc1ccc(C2CCC(C3CC=C(C4=CC(F)=C(OC(F)(F)C=C(F)F)C(F)C4)CC3)CC2)cc1. The lowest BCUT2D eigenvalue weighted by atomic mass is 9.69. The Balaban J connectivity index is 1.30. The molecule has 2 unspecified atom stereocenters. The summed E-state index contributed by atoms with van der Waals surface area (Å²) in [5.41, 5.74) is 4.02. The summed E-state index contributed by atoms with van der Waals surface area (Å²) in [5.74, 6) is -0.797. The predicted octanol–water partition coefficient (Wildman–Crippen LogP) is 10.4. The molecule has 0 heterocycles. The van der Waals surface area contributed by atoms with Crippen LogP contribution in [0.15, 0.2) is 83.5 Å². The third-order valence-corrected chi connectivity index (χ3v) is 8.33. The number of alkyl halides is 3. The van der Waals surface area contributed by atoms with E-state index in [-0.39, 0.29) is 6.42 Å². The van der Waals surface area contributed by atoms with Gasteiger partial charge in [0.05, 0.1) is 6.08 Å². The van der Waals surface area contributed by atoms with Gasteiger partial charge in [0.25, 0.3) is 6.08 Å². The van der Waals surface area contributed by atoms with Crippen molar-refractivity contribution >= 4 is 0 Å². The smallest absolute Gasteiger partial charge is 0.425 e. The molecule has 7 heteroatoms. The van der Waals surface area contributed by atoms with Crippen molar-refractivity contribution in [3.05, 3.63) is 94.6 Å². The molecule has 0 amide bonds. The van der Waals surface area contributed by atoms with E-state index < -0.39 is 36.0 Å². The van der Waals surface area contributed by atoms with Gasteiger partial charge in [-0.2, -0.15) is 17.6 Å². The molecular weight excluding hydrogens is 514 g/mol. The van der Waals surface area contributed by atoms with Crippen molar-refractivity contribution in [1.82, 2.24) is 0 Å². The van der Waals surface area contributed by atoms with Gasteiger partial charge in [0, 0.05) is 6.42 Å². The standard InChI is InChI=1S/C32H36F6O/c1-2-3-4-5-21-6-8-22(9-7-21)23-10-12-24(13-11-23)25-14-16-26(17-15-25)27-18-28(33)31(29(34)19-27)39-32(37,38)20-30(35)36/h2-3,6-9,16,18,20,23-25,29H,4-5,10-15,17,19H2,1H3/b3-2+. The maximum absolute atomic E-state index is 14.6. The second-order valence-corrected chi connectivity index (χ2v) is 10.9. The zero-order chi connectivity index (χ0) is 28.0. The highest BCUT2D eigenvalue weighted by Crippen LogP contribution is 2.45. The van der Waals surface area contributed by atoms with Crippen molar-refractivity contribution in [3.63, 3.8) is 0 Å². The molecule has 3 aliphatic rings. The van der Waals surface area contributed by atoms with Gasteiger partial charge in [-0.1, -0.05) is 42.5 Å². The number of hydrogen-bond acceptors (Lipinski definition) is 1. The molecule has 1 nitrogen and oxygen atoms in total. The van der Waals surface area contributed by atoms with Crippen LogP contribution in [0.25, 0.3) is 0 Å². The number of aryl methyl sites for hydroxylation is 1. The second-order valence-electron chi connectivity index (χ2n) is 10.9. The second kappa shape index (κ2) is 13.1. The summed E-state index contributed by atoms with van der Waals surface area (Å²) < 4.78 is 84.4. The Hall–Kier alpha value is -2.70. The fourth-order valence-corrected chi connectivity index (χ4v) is 6.23. The molecular formula is C32H36F6O. The van der Waals surface area contributed by atoms with Gasteiger partial charge in [-0.15, -0.1) is 0 Å². The van der Waals surface area contributed by atoms with Crippen molar-refractivity contribution in [3.8, 4) is 0 Å². The average molecular weight is 551 g/mol. The minimum absolute atomic E-state index is 0.323. The van der Waals surface area contributed by atoms with Crippen LogP contribution in [-0.4, -0.2) is 12.3 Å². The first-order chi connectivity index (χ1) is 18.6. The van der Waals surface area contributed by atoms with Gasteiger partial charge in [0.2, 0.25) is 0 Å². The number of hydrogen-bond donors (Lipinski definition) is 0. The van der Waals surface area contributed by atoms with E-state index in [1.807, 2.05) is 13.0 Å². The fraction of sp³-hybridized carbons (Fsp3) is 0.500. The highest BCUT2D eigenvalue weighted by molar-refractivity contribution is 5.42. The van der Waals surface area contributed by atoms with Crippen LogP contribution >= 0.6 is 0 Å². The molecule has 4 rings (SSSR count). The molecule has 3 aliphatic carbocycles. The lowest BCUT2D eigenvalue weighted by molar-refractivity contribution is -0.183. The Bertz CT molecular complexity index is 1130. The zero-order valence-electron chi connectivity index (χ0n) is 22.3. The number of rotatable bonds is 9. The normalized spacial score (nSPS) is 26.3. The largest absolute Gasteiger partial charge is 0.427 e. The van der Waals surface area contributed by atoms with Crippen LogP contribution in [0.1, 0.15) is 81.8 Å². The summed E-state index contributed by atoms with van der Waals surface area (Å²) in [5, 5.41) is 0. The summed E-state index contributed by atoms with van der Waals surface area (Å²) >= 11 is 0. The molecule has 1 fully saturated rings. The number of halogens is 6. The summed E-state index contributed by atoms with van der Waals surface area (Å²) in [6.45, 7) is 2.04. The maximum Gasteiger partial charge on any atom is 0.425 e. The first-order valence-electron chi connectivity index (χ1n) is 13.9. The molecule has 0 spiro atoms. The van der Waals surface area contributed by atoms with Crippen LogP contribution in [0, 0.1) is 11.8 Å². The molecule has 0 N–H and O–H groups in total. The van der Waals surface area contributed by atoms with Crippen LogP contribution in [0.2, 0.25) is 0 Å². The summed E-state index contributed by atoms with van der Waals surface area (Å²) in [6, 6.07) is 9.06. The van der Waals surface area contributed by atoms with E-state index in [2.05, 4.69) is 41.2 Å². The fourth-order valence-electron chi connectivity index (χ4n) is 6.23. The van der Waals surface area contributed by atoms with Gasteiger partial charge >= 0.3 is 6.11 Å². The van der Waals surface area contributed by atoms with Gasteiger partial charge < -0.3 is 4.74 Å². The third-order valence-electron chi connectivity index (χ3n) is 8.33. The van der Waals surface area contributed by atoms with Crippen molar-refractivity contribution in [2.45, 2.75) is 89.3 Å². The number of benzene rings is 1. The highest BCUT2D eigenvalue weighted by Gasteiger charge is 2.38. The molecule has 2 atom stereocenters. The Labute approximate surface area is 227 Å². The molecule has 0 saturated heterocycles. The minimum atomic E-state index is -4.49. The van der Waals surface area contributed by atoms with E-state index in [0.29, 0.717) is 29.7 Å². The van der Waals surface area contributed by atoms with Crippen molar-refractivity contribution < 1.29 is 31.1 Å². The first kappa shape index (κ1) is 29.3. The Morgan fingerprint density at radius 1 is 1.00 bits per heavy atom. The quantitative estimate of drug-likeness (QED) is 0.220. The lowest BCUT2D eigenvalue weighted by Gasteiger charge is -2.36. The number of allylic oxidation sites excluding steroid dienone is 8. The van der Waals surface area contributed by atoms with E-state index in [4.69, 9.17) is 0 Å². The van der Waals surface area contributed by atoms with Gasteiger partial charge in [0.15, 0.2) is 17.8 Å². The van der Waals surface area contributed by atoms with Crippen LogP contribution in [0.4, 0.5) is 26.3 Å². The van der Waals surface area contributed by atoms with Crippen molar-refractivity contribution in [2.24, 2.45) is 11.8 Å². The van der Waals surface area contributed by atoms with Gasteiger partial charge in [-0.05, 0) is 111 Å². The van der Waals surface area contributed by atoms with Gasteiger partial charge in [-0.3, -0.25) is 0 Å². The van der Waals surface area contributed by atoms with Crippen molar-refractivity contribution in [1.29, 1.82) is 0 Å². The maximum atomic E-state index is 14.6. The Morgan fingerprint density at radius 2 is 1.72 bits per heavy atom. The van der Waals surface area contributed by atoms with Gasteiger partial charge in [-0.25, -0.2) is 8.78 Å². The molecule has 0 aromatic heterocycles. The molecule has 212 valence electrons. The van der Waals surface area contributed by atoms with E-state index in [0.717, 1.165) is 63.0 Å².